The van der Waals surface area contributed by atoms with E-state index in [9.17, 15) is 22.8 Å². The molecule has 9 heteroatoms. The van der Waals surface area contributed by atoms with Gasteiger partial charge in [-0.15, -0.1) is 0 Å². The first-order valence-electron chi connectivity index (χ1n) is 9.04. The van der Waals surface area contributed by atoms with E-state index in [1.54, 1.807) is 0 Å². The highest BCUT2D eigenvalue weighted by atomic mass is 19.4. The van der Waals surface area contributed by atoms with E-state index >= 15 is 0 Å². The molecule has 1 aromatic carbocycles. The molecule has 2 aliphatic carbocycles. The van der Waals surface area contributed by atoms with Crippen molar-refractivity contribution in [3.8, 4) is 5.69 Å². The van der Waals surface area contributed by atoms with Gasteiger partial charge in [0.1, 0.15) is 5.56 Å². The lowest BCUT2D eigenvalue weighted by atomic mass is 9.95. The van der Waals surface area contributed by atoms with Crippen LogP contribution in [0.5, 0.6) is 0 Å². The molecule has 2 bridgehead atoms. The van der Waals surface area contributed by atoms with Crippen LogP contribution in [-0.4, -0.2) is 32.8 Å². The molecule has 148 valence electrons. The third kappa shape index (κ3) is 3.25. The van der Waals surface area contributed by atoms with Crippen LogP contribution in [-0.2, 0) is 6.18 Å². The van der Waals surface area contributed by atoms with E-state index in [1.165, 1.54) is 30.7 Å². The number of halogens is 3. The molecule has 0 saturated heterocycles. The Hall–Kier alpha value is -2.84. The van der Waals surface area contributed by atoms with Crippen LogP contribution in [0.4, 0.5) is 13.2 Å². The molecule has 0 spiro atoms. The molecule has 28 heavy (non-hydrogen) atoms. The van der Waals surface area contributed by atoms with Gasteiger partial charge < -0.3 is 10.4 Å². The van der Waals surface area contributed by atoms with Crippen molar-refractivity contribution < 1.29 is 27.9 Å². The molecule has 2 aromatic rings. The van der Waals surface area contributed by atoms with Gasteiger partial charge in [0.2, 0.25) is 0 Å². The molecule has 6 nitrogen and oxygen atoms in total. The zero-order valence-corrected chi connectivity index (χ0v) is 14.7. The van der Waals surface area contributed by atoms with Crippen LogP contribution in [0.15, 0.2) is 30.5 Å². The van der Waals surface area contributed by atoms with Gasteiger partial charge in [-0.2, -0.15) is 18.3 Å². The number of carbonyl (C=O) groups is 2. The van der Waals surface area contributed by atoms with Crippen molar-refractivity contribution in [3.05, 3.63) is 47.3 Å². The highest BCUT2D eigenvalue weighted by molar-refractivity contribution is 5.94. The van der Waals surface area contributed by atoms with Gasteiger partial charge in [0, 0.05) is 11.6 Å². The minimum atomic E-state index is -4.89. The van der Waals surface area contributed by atoms with Crippen LogP contribution < -0.4 is 5.32 Å². The maximum Gasteiger partial charge on any atom is 0.434 e. The summed E-state index contributed by atoms with van der Waals surface area (Å²) in [5.74, 6) is -0.768. The van der Waals surface area contributed by atoms with Crippen molar-refractivity contribution in [1.29, 1.82) is 0 Å². The molecule has 2 N–H and O–H groups in total. The number of amides is 1. The summed E-state index contributed by atoms with van der Waals surface area (Å²) < 4.78 is 40.5. The lowest BCUT2D eigenvalue weighted by molar-refractivity contribution is -0.143. The maximum atomic E-state index is 13.3. The van der Waals surface area contributed by atoms with E-state index in [0.717, 1.165) is 19.3 Å². The first kappa shape index (κ1) is 18.5. The largest absolute Gasteiger partial charge is 0.478 e. The Kier molecular flexibility index (Phi) is 4.40. The predicted molar refractivity (Wildman–Crippen MR) is 92.2 cm³/mol. The number of hydrogen-bond donors (Lipinski definition) is 2. The van der Waals surface area contributed by atoms with Gasteiger partial charge in [-0.05, 0) is 55.4 Å². The van der Waals surface area contributed by atoms with Gasteiger partial charge >= 0.3 is 12.1 Å². The first-order chi connectivity index (χ1) is 13.2. The summed E-state index contributed by atoms with van der Waals surface area (Å²) in [5.41, 5.74) is -1.92. The Balaban J connectivity index is 1.55. The second kappa shape index (κ2) is 6.65. The molecule has 2 fully saturated rings. The fourth-order valence-corrected chi connectivity index (χ4v) is 4.40. The molecule has 2 aliphatic rings. The molecule has 1 aromatic heterocycles. The van der Waals surface area contributed by atoms with E-state index in [1.807, 2.05) is 0 Å². The van der Waals surface area contributed by atoms with Crippen molar-refractivity contribution >= 4 is 11.9 Å². The number of benzene rings is 1. The Morgan fingerprint density at radius 3 is 2.39 bits per heavy atom. The summed E-state index contributed by atoms with van der Waals surface area (Å²) in [6, 6.07) is 5.64. The maximum absolute atomic E-state index is 13.3. The summed E-state index contributed by atoms with van der Waals surface area (Å²) >= 11 is 0. The quantitative estimate of drug-likeness (QED) is 0.833. The molecule has 1 heterocycles. The van der Waals surface area contributed by atoms with Crippen LogP contribution in [0.25, 0.3) is 5.69 Å². The second-order valence-corrected chi connectivity index (χ2v) is 7.42. The summed E-state index contributed by atoms with van der Waals surface area (Å²) in [6.07, 6.45) is 0.252. The summed E-state index contributed by atoms with van der Waals surface area (Å²) in [6.45, 7) is 0. The van der Waals surface area contributed by atoms with Gasteiger partial charge in [-0.3, -0.25) is 4.79 Å². The van der Waals surface area contributed by atoms with E-state index in [0.29, 0.717) is 28.3 Å². The number of carboxylic acids is 1. The molecule has 1 amide bonds. The van der Waals surface area contributed by atoms with Crippen LogP contribution >= 0.6 is 0 Å². The molecule has 0 radical (unpaired) electrons. The number of aromatic carboxylic acids is 1. The Bertz CT molecular complexity index is 921. The van der Waals surface area contributed by atoms with Crippen molar-refractivity contribution in [2.24, 2.45) is 11.8 Å². The smallest absolute Gasteiger partial charge is 0.434 e. The van der Waals surface area contributed by atoms with Crippen LogP contribution in [0, 0.1) is 11.8 Å². The second-order valence-electron chi connectivity index (χ2n) is 7.42. The molecule has 3 unspecified atom stereocenters. The van der Waals surface area contributed by atoms with Crippen molar-refractivity contribution in [1.82, 2.24) is 15.1 Å². The Morgan fingerprint density at radius 1 is 1.14 bits per heavy atom. The minimum absolute atomic E-state index is 0.0244. The van der Waals surface area contributed by atoms with E-state index < -0.39 is 23.4 Å². The molecule has 3 atom stereocenters. The molecule has 0 aliphatic heterocycles. The summed E-state index contributed by atoms with van der Waals surface area (Å²) in [5, 5.41) is 15.6. The normalized spacial score (nSPS) is 23.8. The molecule has 4 rings (SSSR count). The van der Waals surface area contributed by atoms with Gasteiger partial charge in [-0.1, -0.05) is 6.42 Å². The number of carboxylic acid groups (broad SMARTS) is 1. The number of aromatic nitrogens is 2. The fourth-order valence-electron chi connectivity index (χ4n) is 4.40. The molecular weight excluding hydrogens is 375 g/mol. The number of hydrogen-bond acceptors (Lipinski definition) is 3. The first-order valence-corrected chi connectivity index (χ1v) is 9.04. The average molecular weight is 393 g/mol. The third-order valence-corrected chi connectivity index (χ3v) is 5.70. The summed E-state index contributed by atoms with van der Waals surface area (Å²) in [7, 11) is 0. The third-order valence-electron chi connectivity index (χ3n) is 5.70. The van der Waals surface area contributed by atoms with Gasteiger partial charge in [-0.25, -0.2) is 9.48 Å². The lowest BCUT2D eigenvalue weighted by Gasteiger charge is -2.23. The minimum Gasteiger partial charge on any atom is -0.478 e. The number of fused-ring (bicyclic) bond motifs is 2. The predicted octanol–water partition coefficient (Wildman–Crippen LogP) is 3.51. The Labute approximate surface area is 158 Å². The number of rotatable bonds is 4. The number of nitrogens with zero attached hydrogens (tertiary/aromatic N) is 2. The Morgan fingerprint density at radius 2 is 1.86 bits per heavy atom. The highest BCUT2D eigenvalue weighted by Crippen LogP contribution is 2.44. The SMILES string of the molecule is O=C(NC1CC2CCC1C2)c1ccc(-n2ncc(C(=O)O)c2C(F)(F)F)cc1. The van der Waals surface area contributed by atoms with E-state index in [-0.39, 0.29) is 17.6 Å². The number of nitrogens with one attached hydrogen (secondary N) is 1. The van der Waals surface area contributed by atoms with E-state index in [4.69, 9.17) is 5.11 Å². The molecular formula is C19H18F3N3O3. The van der Waals surface area contributed by atoms with Gasteiger partial charge in [0.25, 0.3) is 5.91 Å². The standard InChI is InChI=1S/C19H18F3N3O3/c20-19(21,22)16-14(18(27)28)9-23-25(16)13-5-3-11(4-6-13)17(26)24-15-8-10-1-2-12(15)7-10/h3-6,9-10,12,15H,1-2,7-8H2,(H,24,26)(H,27,28). The topological polar surface area (TPSA) is 84.2 Å². The monoisotopic (exact) mass is 393 g/mol. The van der Waals surface area contributed by atoms with Crippen molar-refractivity contribution in [3.63, 3.8) is 0 Å². The van der Waals surface area contributed by atoms with Crippen molar-refractivity contribution in [2.75, 3.05) is 0 Å². The number of carbonyl (C=O) groups excluding carboxylic acids is 1. The van der Waals surface area contributed by atoms with Gasteiger partial charge in [0.15, 0.2) is 5.69 Å². The fraction of sp³-hybridized carbons (Fsp3) is 0.421. The van der Waals surface area contributed by atoms with E-state index in [2.05, 4.69) is 10.4 Å². The van der Waals surface area contributed by atoms with Crippen LogP contribution in [0.1, 0.15) is 52.1 Å². The zero-order chi connectivity index (χ0) is 20.1. The lowest BCUT2D eigenvalue weighted by Crippen LogP contribution is -2.38. The van der Waals surface area contributed by atoms with Crippen LogP contribution in [0.3, 0.4) is 0 Å². The summed E-state index contributed by atoms with van der Waals surface area (Å²) in [4.78, 5) is 23.5. The van der Waals surface area contributed by atoms with Crippen LogP contribution in [0.2, 0.25) is 0 Å². The average Bonchev–Trinajstić information content (AvgIpc) is 3.36. The zero-order valence-electron chi connectivity index (χ0n) is 14.7. The molecule has 2 saturated carbocycles. The van der Waals surface area contributed by atoms with Gasteiger partial charge in [0.05, 0.1) is 11.9 Å². The number of alkyl halides is 3. The highest BCUT2D eigenvalue weighted by Gasteiger charge is 2.41. The van der Waals surface area contributed by atoms with Crippen molar-refractivity contribution in [2.45, 2.75) is 37.9 Å².